The van der Waals surface area contributed by atoms with Crippen molar-refractivity contribution >= 4 is 21.9 Å². The van der Waals surface area contributed by atoms with E-state index in [2.05, 4.69) is 85.2 Å². The van der Waals surface area contributed by atoms with E-state index in [0.29, 0.717) is 5.56 Å². The summed E-state index contributed by atoms with van der Waals surface area (Å²) < 4.78 is 8.79. The van der Waals surface area contributed by atoms with E-state index in [0.717, 1.165) is 63.0 Å². The summed E-state index contributed by atoms with van der Waals surface area (Å²) in [5.41, 5.74) is 10.2. The number of fused-ring (bicyclic) bond motifs is 4. The summed E-state index contributed by atoms with van der Waals surface area (Å²) in [7, 11) is 4.19. The van der Waals surface area contributed by atoms with Crippen molar-refractivity contribution < 1.29 is 8.98 Å². The maximum absolute atomic E-state index is 9.96. The molecule has 0 bridgehead atoms. The minimum absolute atomic E-state index is 0.636. The lowest BCUT2D eigenvalue weighted by Gasteiger charge is -2.08. The van der Waals surface area contributed by atoms with E-state index in [1.54, 1.807) is 0 Å². The summed E-state index contributed by atoms with van der Waals surface area (Å²) in [6, 6.07) is 23.4. The molecule has 6 rings (SSSR count). The van der Waals surface area contributed by atoms with Gasteiger partial charge < -0.3 is 4.42 Å². The highest BCUT2D eigenvalue weighted by molar-refractivity contribution is 6.14. The zero-order valence-corrected chi connectivity index (χ0v) is 19.0. The second-order valence-corrected chi connectivity index (χ2v) is 9.07. The van der Waals surface area contributed by atoms with Gasteiger partial charge in [0.2, 0.25) is 5.69 Å². The molecule has 4 nitrogen and oxygen atoms in total. The third-order valence-corrected chi connectivity index (χ3v) is 6.82. The third-order valence-electron chi connectivity index (χ3n) is 6.82. The van der Waals surface area contributed by atoms with Crippen molar-refractivity contribution in [1.82, 2.24) is 4.90 Å². The van der Waals surface area contributed by atoms with Gasteiger partial charge in [0.25, 0.3) is 0 Å². The van der Waals surface area contributed by atoms with Crippen molar-refractivity contribution in [2.24, 2.45) is 7.05 Å². The predicted molar refractivity (Wildman–Crippen MR) is 130 cm³/mol. The molecule has 0 fully saturated rings. The molecule has 0 aliphatic carbocycles. The number of aryl methyl sites for hydroxylation is 2. The van der Waals surface area contributed by atoms with Gasteiger partial charge in [-0.15, -0.1) is 0 Å². The molecule has 5 aromatic rings. The summed E-state index contributed by atoms with van der Waals surface area (Å²) in [6.07, 6.45) is 2.05. The van der Waals surface area contributed by atoms with Crippen molar-refractivity contribution in [2.45, 2.75) is 20.0 Å². The Morgan fingerprint density at radius 2 is 1.67 bits per heavy atom. The van der Waals surface area contributed by atoms with Crippen LogP contribution in [0.2, 0.25) is 0 Å². The standard InChI is InChI=1S/C29H24N3O/c1-18-7-11-23-24-12-10-20(15-30)27(19-8-9-21-16-31(2)17-22(21)14-19)29(24)33-28(23)26(18)25-6-4-5-13-32(25)3/h4-14H,16-17H2,1-3H3/q+1. The summed E-state index contributed by atoms with van der Waals surface area (Å²) in [6.45, 7) is 4.01. The minimum atomic E-state index is 0.636. The van der Waals surface area contributed by atoms with Gasteiger partial charge >= 0.3 is 0 Å². The topological polar surface area (TPSA) is 44.1 Å². The molecule has 1 aliphatic heterocycles. The molecule has 4 heteroatoms. The van der Waals surface area contributed by atoms with Gasteiger partial charge in [-0.3, -0.25) is 4.90 Å². The lowest BCUT2D eigenvalue weighted by molar-refractivity contribution is -0.660. The highest BCUT2D eigenvalue weighted by Gasteiger charge is 2.24. The number of hydrogen-bond donors (Lipinski definition) is 0. The monoisotopic (exact) mass is 430 g/mol. The van der Waals surface area contributed by atoms with Crippen LogP contribution in [0.5, 0.6) is 0 Å². The molecule has 0 atom stereocenters. The molecule has 160 valence electrons. The van der Waals surface area contributed by atoms with Gasteiger partial charge in [-0.2, -0.15) is 5.26 Å². The molecule has 0 radical (unpaired) electrons. The van der Waals surface area contributed by atoms with Gasteiger partial charge in [-0.25, -0.2) is 4.57 Å². The van der Waals surface area contributed by atoms with Crippen molar-refractivity contribution in [1.29, 1.82) is 5.26 Å². The van der Waals surface area contributed by atoms with E-state index < -0.39 is 0 Å². The van der Waals surface area contributed by atoms with Crippen LogP contribution in [0.3, 0.4) is 0 Å². The highest BCUT2D eigenvalue weighted by atomic mass is 16.3. The SMILES string of the molecule is Cc1ccc2c(oc3c(-c4ccc5c(c4)CN(C)C5)c(C#N)ccc32)c1-c1cccc[n+]1C. The van der Waals surface area contributed by atoms with E-state index in [9.17, 15) is 5.26 Å². The maximum atomic E-state index is 9.96. The molecule has 2 aromatic heterocycles. The zero-order valence-electron chi connectivity index (χ0n) is 19.0. The summed E-state index contributed by atoms with van der Waals surface area (Å²) in [5.74, 6) is 0. The molecule has 33 heavy (non-hydrogen) atoms. The van der Waals surface area contributed by atoms with Crippen molar-refractivity contribution in [3.63, 3.8) is 0 Å². The van der Waals surface area contributed by atoms with Crippen molar-refractivity contribution in [3.05, 3.63) is 89.1 Å². The Balaban J connectivity index is 1.68. The Kier molecular flexibility index (Phi) is 4.36. The lowest BCUT2D eigenvalue weighted by atomic mass is 9.94. The fraction of sp³-hybridized carbons (Fsp3) is 0.172. The molecule has 0 spiro atoms. The van der Waals surface area contributed by atoms with E-state index >= 15 is 0 Å². The van der Waals surface area contributed by atoms with Crippen LogP contribution in [0.4, 0.5) is 0 Å². The van der Waals surface area contributed by atoms with Crippen LogP contribution >= 0.6 is 0 Å². The summed E-state index contributed by atoms with van der Waals surface area (Å²) in [4.78, 5) is 2.30. The van der Waals surface area contributed by atoms with E-state index in [1.165, 1.54) is 11.1 Å². The first kappa shape index (κ1) is 19.7. The quantitative estimate of drug-likeness (QED) is 0.329. The molecular weight excluding hydrogens is 406 g/mol. The molecule has 0 N–H and O–H groups in total. The predicted octanol–water partition coefficient (Wildman–Crippen LogP) is 5.87. The summed E-state index contributed by atoms with van der Waals surface area (Å²) >= 11 is 0. The lowest BCUT2D eigenvalue weighted by Crippen LogP contribution is -2.30. The van der Waals surface area contributed by atoms with E-state index in [1.807, 2.05) is 18.2 Å². The highest BCUT2D eigenvalue weighted by Crippen LogP contribution is 2.42. The van der Waals surface area contributed by atoms with Crippen LogP contribution in [-0.4, -0.2) is 11.9 Å². The zero-order chi connectivity index (χ0) is 22.7. The fourth-order valence-electron chi connectivity index (χ4n) is 5.20. The molecule has 1 aliphatic rings. The average molecular weight is 431 g/mol. The van der Waals surface area contributed by atoms with Crippen molar-refractivity contribution in [3.8, 4) is 28.5 Å². The van der Waals surface area contributed by atoms with Gasteiger partial charge in [0.05, 0.1) is 17.2 Å². The fourth-order valence-corrected chi connectivity index (χ4v) is 5.20. The summed E-state index contributed by atoms with van der Waals surface area (Å²) in [5, 5.41) is 12.1. The Morgan fingerprint density at radius 3 is 2.45 bits per heavy atom. The smallest absolute Gasteiger partial charge is 0.216 e. The number of pyridine rings is 1. The van der Waals surface area contributed by atoms with Crippen LogP contribution in [0.15, 0.2) is 71.3 Å². The molecule has 3 heterocycles. The Morgan fingerprint density at radius 1 is 0.909 bits per heavy atom. The number of nitrogens with zero attached hydrogens (tertiary/aromatic N) is 3. The van der Waals surface area contributed by atoms with Crippen LogP contribution < -0.4 is 4.57 Å². The number of furan rings is 1. The normalized spacial score (nSPS) is 13.5. The third kappa shape index (κ3) is 2.97. The molecule has 0 saturated carbocycles. The molecule has 0 unspecified atom stereocenters. The average Bonchev–Trinajstić information content (AvgIpc) is 3.37. The number of aromatic nitrogens is 1. The molecule has 0 saturated heterocycles. The number of benzene rings is 3. The molecule has 3 aromatic carbocycles. The van der Waals surface area contributed by atoms with Gasteiger partial charge in [-0.1, -0.05) is 24.3 Å². The van der Waals surface area contributed by atoms with Gasteiger partial charge in [0.15, 0.2) is 6.20 Å². The molecular formula is C29H24N3O+. The van der Waals surface area contributed by atoms with Crippen LogP contribution in [0, 0.1) is 18.3 Å². The van der Waals surface area contributed by atoms with Crippen LogP contribution in [0.1, 0.15) is 22.3 Å². The maximum Gasteiger partial charge on any atom is 0.216 e. The van der Waals surface area contributed by atoms with Crippen molar-refractivity contribution in [2.75, 3.05) is 7.05 Å². The first-order chi connectivity index (χ1) is 16.0. The Labute approximate surface area is 192 Å². The van der Waals surface area contributed by atoms with Crippen LogP contribution in [-0.2, 0) is 20.1 Å². The van der Waals surface area contributed by atoms with E-state index in [-0.39, 0.29) is 0 Å². The van der Waals surface area contributed by atoms with Gasteiger partial charge in [-0.05, 0) is 60.5 Å². The first-order valence-corrected chi connectivity index (χ1v) is 11.2. The number of hydrogen-bond acceptors (Lipinski definition) is 3. The Bertz CT molecular complexity index is 1620. The second kappa shape index (κ2) is 7.30. The number of nitriles is 1. The Hall–Kier alpha value is -3.94. The van der Waals surface area contributed by atoms with Gasteiger partial charge in [0.1, 0.15) is 18.2 Å². The second-order valence-electron chi connectivity index (χ2n) is 9.07. The molecule has 0 amide bonds. The van der Waals surface area contributed by atoms with Gasteiger partial charge in [0, 0.05) is 41.6 Å². The largest absolute Gasteiger partial charge is 0.454 e. The number of rotatable bonds is 2. The van der Waals surface area contributed by atoms with E-state index in [4.69, 9.17) is 4.42 Å². The minimum Gasteiger partial charge on any atom is -0.454 e. The van der Waals surface area contributed by atoms with Crippen LogP contribution in [0.25, 0.3) is 44.3 Å². The first-order valence-electron chi connectivity index (χ1n) is 11.2.